The van der Waals surface area contributed by atoms with E-state index in [0.717, 1.165) is 5.69 Å². The van der Waals surface area contributed by atoms with Crippen molar-refractivity contribution >= 4 is 17.3 Å². The number of anilines is 1. The summed E-state index contributed by atoms with van der Waals surface area (Å²) in [6.45, 7) is 4.21. The standard InChI is InChI=1S/C13H17N3O2/c1-11(17)13(16-7-9-18-10-8-16)15-14-12-5-3-2-4-6-12/h2-6,14H,7-10H2,1H3/b15-13+. The molecule has 96 valence electrons. The summed E-state index contributed by atoms with van der Waals surface area (Å²) >= 11 is 0. The van der Waals surface area contributed by atoms with E-state index in [4.69, 9.17) is 4.74 Å². The Morgan fingerprint density at radius 1 is 1.28 bits per heavy atom. The van der Waals surface area contributed by atoms with E-state index >= 15 is 0 Å². The summed E-state index contributed by atoms with van der Waals surface area (Å²) in [6.07, 6.45) is 0. The van der Waals surface area contributed by atoms with Crippen molar-refractivity contribution in [3.05, 3.63) is 30.3 Å². The monoisotopic (exact) mass is 247 g/mol. The summed E-state index contributed by atoms with van der Waals surface area (Å²) < 4.78 is 5.26. The molecule has 0 aromatic heterocycles. The molecule has 1 N–H and O–H groups in total. The molecule has 1 aliphatic heterocycles. The molecule has 18 heavy (non-hydrogen) atoms. The minimum atomic E-state index is -0.0414. The Balaban J connectivity index is 2.07. The van der Waals surface area contributed by atoms with Crippen LogP contribution < -0.4 is 5.43 Å². The molecule has 0 bridgehead atoms. The van der Waals surface area contributed by atoms with Gasteiger partial charge >= 0.3 is 0 Å². The fraction of sp³-hybridized carbons (Fsp3) is 0.385. The Labute approximate surface area is 106 Å². The molecule has 2 rings (SSSR count). The van der Waals surface area contributed by atoms with Crippen molar-refractivity contribution < 1.29 is 9.53 Å². The first-order chi connectivity index (χ1) is 8.77. The third kappa shape index (κ3) is 3.30. The van der Waals surface area contributed by atoms with Gasteiger partial charge in [-0.3, -0.25) is 10.2 Å². The highest BCUT2D eigenvalue weighted by molar-refractivity contribution is 6.37. The van der Waals surface area contributed by atoms with Crippen LogP contribution in [0.5, 0.6) is 0 Å². The van der Waals surface area contributed by atoms with Gasteiger partial charge in [-0.25, -0.2) is 0 Å². The molecular formula is C13H17N3O2. The summed E-state index contributed by atoms with van der Waals surface area (Å²) in [5.74, 6) is 0.419. The van der Waals surface area contributed by atoms with Crippen LogP contribution in [0, 0.1) is 0 Å². The molecule has 1 saturated heterocycles. The molecule has 0 atom stereocenters. The normalized spacial score (nSPS) is 16.5. The van der Waals surface area contributed by atoms with E-state index in [1.807, 2.05) is 35.2 Å². The van der Waals surface area contributed by atoms with E-state index in [9.17, 15) is 4.79 Å². The lowest BCUT2D eigenvalue weighted by molar-refractivity contribution is -0.112. The van der Waals surface area contributed by atoms with Crippen LogP contribution in [0.1, 0.15) is 6.92 Å². The van der Waals surface area contributed by atoms with Gasteiger partial charge in [-0.15, -0.1) is 0 Å². The van der Waals surface area contributed by atoms with E-state index < -0.39 is 0 Å². The molecule has 0 amide bonds. The number of rotatable bonds is 3. The first-order valence-corrected chi connectivity index (χ1v) is 6.00. The van der Waals surface area contributed by atoms with Crippen molar-refractivity contribution in [1.82, 2.24) is 4.90 Å². The van der Waals surface area contributed by atoms with Crippen molar-refractivity contribution in [1.29, 1.82) is 0 Å². The lowest BCUT2D eigenvalue weighted by Crippen LogP contribution is -2.44. The number of hydrazone groups is 1. The van der Waals surface area contributed by atoms with Gasteiger partial charge in [0.15, 0.2) is 11.6 Å². The molecule has 0 saturated carbocycles. The van der Waals surface area contributed by atoms with Crippen LogP contribution in [0.4, 0.5) is 5.69 Å². The van der Waals surface area contributed by atoms with Gasteiger partial charge in [0.05, 0.1) is 18.9 Å². The molecule has 1 fully saturated rings. The fourth-order valence-electron chi connectivity index (χ4n) is 1.78. The lowest BCUT2D eigenvalue weighted by atomic mass is 10.3. The molecular weight excluding hydrogens is 230 g/mol. The first kappa shape index (κ1) is 12.6. The number of benzene rings is 1. The molecule has 5 heteroatoms. The SMILES string of the molecule is CC(=O)/C(=N\Nc1ccccc1)N1CCOCC1. The van der Waals surface area contributed by atoms with Crippen LogP contribution in [0.25, 0.3) is 0 Å². The zero-order valence-electron chi connectivity index (χ0n) is 10.4. The number of nitrogens with zero attached hydrogens (tertiary/aromatic N) is 2. The molecule has 1 heterocycles. The average Bonchev–Trinajstić information content (AvgIpc) is 2.41. The highest BCUT2D eigenvalue weighted by atomic mass is 16.5. The maximum absolute atomic E-state index is 11.6. The van der Waals surface area contributed by atoms with Crippen molar-refractivity contribution in [3.8, 4) is 0 Å². The van der Waals surface area contributed by atoms with Crippen LogP contribution in [-0.2, 0) is 9.53 Å². The van der Waals surface area contributed by atoms with E-state index in [-0.39, 0.29) is 5.78 Å². The summed E-state index contributed by atoms with van der Waals surface area (Å²) in [4.78, 5) is 13.6. The number of hydrogen-bond acceptors (Lipinski definition) is 4. The van der Waals surface area contributed by atoms with E-state index in [0.29, 0.717) is 32.1 Å². The molecule has 1 aromatic rings. The van der Waals surface area contributed by atoms with Crippen molar-refractivity contribution in [2.75, 3.05) is 31.7 Å². The van der Waals surface area contributed by atoms with E-state index in [1.165, 1.54) is 6.92 Å². The van der Waals surface area contributed by atoms with Crippen LogP contribution >= 0.6 is 0 Å². The molecule has 0 unspecified atom stereocenters. The number of ketones is 1. The maximum atomic E-state index is 11.6. The molecule has 1 aliphatic rings. The molecule has 1 aromatic carbocycles. The molecule has 0 aliphatic carbocycles. The number of Topliss-reactive ketones (excluding diaryl/α,β-unsaturated/α-hetero) is 1. The summed E-state index contributed by atoms with van der Waals surface area (Å²) in [6, 6.07) is 9.57. The van der Waals surface area contributed by atoms with Gasteiger partial charge in [0, 0.05) is 20.0 Å². The maximum Gasteiger partial charge on any atom is 0.196 e. The van der Waals surface area contributed by atoms with Crippen molar-refractivity contribution in [2.45, 2.75) is 6.92 Å². The second-order valence-corrected chi connectivity index (χ2v) is 4.07. The second kappa shape index (κ2) is 6.16. The van der Waals surface area contributed by atoms with E-state index in [2.05, 4.69) is 10.5 Å². The summed E-state index contributed by atoms with van der Waals surface area (Å²) in [7, 11) is 0. The van der Waals surface area contributed by atoms with Crippen molar-refractivity contribution in [2.24, 2.45) is 5.10 Å². The van der Waals surface area contributed by atoms with Gasteiger partial charge < -0.3 is 9.64 Å². The van der Waals surface area contributed by atoms with Crippen LogP contribution in [0.2, 0.25) is 0 Å². The summed E-state index contributed by atoms with van der Waals surface area (Å²) in [5.41, 5.74) is 3.77. The van der Waals surface area contributed by atoms with Crippen molar-refractivity contribution in [3.63, 3.8) is 0 Å². The minimum absolute atomic E-state index is 0.0414. The number of carbonyl (C=O) groups is 1. The predicted octanol–water partition coefficient (Wildman–Crippen LogP) is 1.33. The number of ether oxygens (including phenoxy) is 1. The number of carbonyl (C=O) groups excluding carboxylic acids is 1. The highest BCUT2D eigenvalue weighted by Gasteiger charge is 2.18. The molecule has 0 spiro atoms. The Morgan fingerprint density at radius 2 is 1.94 bits per heavy atom. The average molecular weight is 247 g/mol. The zero-order valence-corrected chi connectivity index (χ0v) is 10.4. The fourth-order valence-corrected chi connectivity index (χ4v) is 1.78. The molecule has 0 radical (unpaired) electrons. The lowest BCUT2D eigenvalue weighted by Gasteiger charge is -2.28. The highest BCUT2D eigenvalue weighted by Crippen LogP contribution is 2.06. The Bertz CT molecular complexity index is 425. The third-order valence-corrected chi connectivity index (χ3v) is 2.69. The third-order valence-electron chi connectivity index (χ3n) is 2.69. The molecule has 5 nitrogen and oxygen atoms in total. The largest absolute Gasteiger partial charge is 0.378 e. The number of hydrogen-bond donors (Lipinski definition) is 1. The van der Waals surface area contributed by atoms with Gasteiger partial charge in [0.25, 0.3) is 0 Å². The number of nitrogens with one attached hydrogen (secondary N) is 1. The van der Waals surface area contributed by atoms with E-state index in [1.54, 1.807) is 0 Å². The van der Waals surface area contributed by atoms with Gasteiger partial charge in [0.2, 0.25) is 0 Å². The summed E-state index contributed by atoms with van der Waals surface area (Å²) in [5, 5.41) is 4.20. The predicted molar refractivity (Wildman–Crippen MR) is 70.6 cm³/mol. The van der Waals surface area contributed by atoms with Crippen LogP contribution in [0.15, 0.2) is 35.4 Å². The number of morpholine rings is 1. The zero-order chi connectivity index (χ0) is 12.8. The van der Waals surface area contributed by atoms with Gasteiger partial charge in [-0.1, -0.05) is 18.2 Å². The first-order valence-electron chi connectivity index (χ1n) is 6.00. The van der Waals surface area contributed by atoms with Crippen LogP contribution in [0.3, 0.4) is 0 Å². The number of amidine groups is 1. The second-order valence-electron chi connectivity index (χ2n) is 4.07. The van der Waals surface area contributed by atoms with Crippen LogP contribution in [-0.4, -0.2) is 42.8 Å². The van der Waals surface area contributed by atoms with Gasteiger partial charge in [-0.05, 0) is 12.1 Å². The Hall–Kier alpha value is -1.88. The Kier molecular flexibility index (Phi) is 4.30. The van der Waals surface area contributed by atoms with Gasteiger partial charge in [-0.2, -0.15) is 5.10 Å². The minimum Gasteiger partial charge on any atom is -0.378 e. The smallest absolute Gasteiger partial charge is 0.196 e. The quantitative estimate of drug-likeness (QED) is 0.497. The topological polar surface area (TPSA) is 53.9 Å². The Morgan fingerprint density at radius 3 is 2.56 bits per heavy atom. The van der Waals surface area contributed by atoms with Gasteiger partial charge in [0.1, 0.15) is 0 Å². The number of para-hydroxylation sites is 1.